The highest BCUT2D eigenvalue weighted by atomic mass is 32.2. The molecular formula is C12H13F3N2O2S. The smallest absolute Gasteiger partial charge is 0.355 e. The number of hydrogen-bond acceptors (Lipinski definition) is 3. The second kappa shape index (κ2) is 6.65. The van der Waals surface area contributed by atoms with Crippen molar-refractivity contribution in [2.75, 3.05) is 12.4 Å². The molecule has 1 atom stereocenters. The van der Waals surface area contributed by atoms with E-state index in [1.807, 2.05) is 0 Å². The lowest BCUT2D eigenvalue weighted by Crippen LogP contribution is -2.25. The van der Waals surface area contributed by atoms with Crippen LogP contribution < -0.4 is 10.6 Å². The second-order valence-corrected chi connectivity index (χ2v) is 5.26. The number of thioether (sulfide) groups is 1. The van der Waals surface area contributed by atoms with Crippen LogP contribution >= 0.6 is 11.8 Å². The molecular weight excluding hydrogens is 293 g/mol. The molecule has 0 aliphatic carbocycles. The van der Waals surface area contributed by atoms with Crippen molar-refractivity contribution in [1.29, 1.82) is 0 Å². The lowest BCUT2D eigenvalue weighted by molar-refractivity contribution is -0.115. The van der Waals surface area contributed by atoms with E-state index in [-0.39, 0.29) is 17.7 Å². The first-order valence-corrected chi connectivity index (χ1v) is 6.48. The summed E-state index contributed by atoms with van der Waals surface area (Å²) in [6.07, 6.45) is 0. The molecule has 20 heavy (non-hydrogen) atoms. The van der Waals surface area contributed by atoms with Gasteiger partial charge in [-0.1, -0.05) is 0 Å². The van der Waals surface area contributed by atoms with Crippen molar-refractivity contribution in [2.45, 2.75) is 17.7 Å². The number of hydrogen-bond donors (Lipinski definition) is 2. The first kappa shape index (κ1) is 16.4. The van der Waals surface area contributed by atoms with Gasteiger partial charge in [0.05, 0.1) is 5.25 Å². The third-order valence-electron chi connectivity index (χ3n) is 2.32. The maximum absolute atomic E-state index is 12.1. The molecule has 0 radical (unpaired) electrons. The van der Waals surface area contributed by atoms with Crippen LogP contribution in [0.5, 0.6) is 0 Å². The number of rotatable bonds is 4. The van der Waals surface area contributed by atoms with Crippen molar-refractivity contribution in [1.82, 2.24) is 5.32 Å². The number of halogens is 3. The molecule has 0 spiro atoms. The van der Waals surface area contributed by atoms with Crippen molar-refractivity contribution in [2.24, 2.45) is 0 Å². The minimum absolute atomic E-state index is 0.288. The predicted octanol–water partition coefficient (Wildman–Crippen LogP) is 2.63. The lowest BCUT2D eigenvalue weighted by atomic mass is 10.2. The molecule has 0 saturated heterocycles. The summed E-state index contributed by atoms with van der Waals surface area (Å²) in [6.45, 7) is 1.17. The Hall–Kier alpha value is -1.70. The monoisotopic (exact) mass is 306 g/mol. The van der Waals surface area contributed by atoms with Gasteiger partial charge in [0.15, 0.2) is 0 Å². The van der Waals surface area contributed by atoms with E-state index in [1.165, 1.54) is 38.2 Å². The van der Waals surface area contributed by atoms with Gasteiger partial charge in [-0.05, 0) is 43.0 Å². The van der Waals surface area contributed by atoms with Crippen molar-refractivity contribution in [3.63, 3.8) is 0 Å². The van der Waals surface area contributed by atoms with Gasteiger partial charge in [0.1, 0.15) is 0 Å². The first-order valence-electron chi connectivity index (χ1n) is 5.60. The maximum atomic E-state index is 12.1. The number of carbonyl (C=O) groups is 2. The first-order chi connectivity index (χ1) is 9.23. The number of benzene rings is 1. The van der Waals surface area contributed by atoms with Gasteiger partial charge in [0.25, 0.3) is 5.91 Å². The molecule has 1 rings (SSSR count). The molecule has 0 aromatic heterocycles. The Bertz CT molecular complexity index is 488. The van der Waals surface area contributed by atoms with E-state index >= 15 is 0 Å². The fourth-order valence-electron chi connectivity index (χ4n) is 1.35. The standard InChI is InChI=1S/C12H13F3N2O2S/c1-7(20-12(13,14)15)10(18)17-9-5-3-8(4-6-9)11(19)16-2/h3-7H,1-2H3,(H,16,19)(H,17,18). The highest BCUT2D eigenvalue weighted by Crippen LogP contribution is 2.34. The van der Waals surface area contributed by atoms with Crippen LogP contribution in [0.1, 0.15) is 17.3 Å². The molecule has 0 fully saturated rings. The summed E-state index contributed by atoms with van der Waals surface area (Å²) in [5, 5.41) is 3.53. The molecule has 0 bridgehead atoms. The summed E-state index contributed by atoms with van der Waals surface area (Å²) in [5.41, 5.74) is -3.74. The highest BCUT2D eigenvalue weighted by Gasteiger charge is 2.34. The van der Waals surface area contributed by atoms with Gasteiger partial charge in [0, 0.05) is 18.3 Å². The van der Waals surface area contributed by atoms with E-state index in [4.69, 9.17) is 0 Å². The molecule has 8 heteroatoms. The molecule has 1 unspecified atom stereocenters. The Labute approximate surface area is 118 Å². The van der Waals surface area contributed by atoms with Gasteiger partial charge in [-0.15, -0.1) is 0 Å². The summed E-state index contributed by atoms with van der Waals surface area (Å²) < 4.78 is 36.4. The topological polar surface area (TPSA) is 58.2 Å². The van der Waals surface area contributed by atoms with E-state index in [0.29, 0.717) is 11.3 Å². The summed E-state index contributed by atoms with van der Waals surface area (Å²) in [4.78, 5) is 22.8. The number of carbonyl (C=O) groups excluding carboxylic acids is 2. The largest absolute Gasteiger partial charge is 0.442 e. The molecule has 4 nitrogen and oxygen atoms in total. The van der Waals surface area contributed by atoms with Gasteiger partial charge in [-0.3, -0.25) is 9.59 Å². The van der Waals surface area contributed by atoms with Crippen LogP contribution in [0.2, 0.25) is 0 Å². The van der Waals surface area contributed by atoms with Crippen molar-refractivity contribution >= 4 is 29.3 Å². The Morgan fingerprint density at radius 3 is 2.20 bits per heavy atom. The van der Waals surface area contributed by atoms with Gasteiger partial charge >= 0.3 is 5.51 Å². The number of nitrogens with one attached hydrogen (secondary N) is 2. The van der Waals surface area contributed by atoms with E-state index in [9.17, 15) is 22.8 Å². The normalized spacial score (nSPS) is 12.7. The van der Waals surface area contributed by atoms with Crippen molar-refractivity contribution in [3.8, 4) is 0 Å². The van der Waals surface area contributed by atoms with Crippen LogP contribution in [-0.2, 0) is 4.79 Å². The summed E-state index contributed by atoms with van der Waals surface area (Å²) in [6, 6.07) is 5.84. The maximum Gasteiger partial charge on any atom is 0.442 e. The molecule has 0 aliphatic rings. The molecule has 2 amide bonds. The lowest BCUT2D eigenvalue weighted by Gasteiger charge is -2.13. The Balaban J connectivity index is 2.65. The highest BCUT2D eigenvalue weighted by molar-refractivity contribution is 8.01. The SMILES string of the molecule is CNC(=O)c1ccc(NC(=O)C(C)SC(F)(F)F)cc1. The minimum atomic E-state index is -4.46. The van der Waals surface area contributed by atoms with E-state index in [2.05, 4.69) is 10.6 Å². The van der Waals surface area contributed by atoms with Crippen LogP contribution in [-0.4, -0.2) is 29.6 Å². The van der Waals surface area contributed by atoms with Crippen molar-refractivity contribution in [3.05, 3.63) is 29.8 Å². The van der Waals surface area contributed by atoms with Crippen molar-refractivity contribution < 1.29 is 22.8 Å². The summed E-state index contributed by atoms with van der Waals surface area (Å²) >= 11 is -0.380. The Morgan fingerprint density at radius 2 is 1.75 bits per heavy atom. The molecule has 110 valence electrons. The van der Waals surface area contributed by atoms with E-state index < -0.39 is 16.7 Å². The third-order valence-corrected chi connectivity index (χ3v) is 3.16. The number of alkyl halides is 3. The van der Waals surface area contributed by atoms with Gasteiger partial charge < -0.3 is 10.6 Å². The van der Waals surface area contributed by atoms with Crippen LogP contribution in [0.4, 0.5) is 18.9 Å². The zero-order chi connectivity index (χ0) is 15.3. The zero-order valence-corrected chi connectivity index (χ0v) is 11.6. The minimum Gasteiger partial charge on any atom is -0.355 e. The van der Waals surface area contributed by atoms with Crippen LogP contribution in [0.15, 0.2) is 24.3 Å². The fraction of sp³-hybridized carbons (Fsp3) is 0.333. The second-order valence-electron chi connectivity index (χ2n) is 3.85. The zero-order valence-electron chi connectivity index (χ0n) is 10.7. The molecule has 2 N–H and O–H groups in total. The predicted molar refractivity (Wildman–Crippen MR) is 71.6 cm³/mol. The van der Waals surface area contributed by atoms with Crippen LogP contribution in [0, 0.1) is 0 Å². The summed E-state index contributed by atoms with van der Waals surface area (Å²) in [7, 11) is 1.48. The van der Waals surface area contributed by atoms with Gasteiger partial charge in [0.2, 0.25) is 5.91 Å². The molecule has 0 aliphatic heterocycles. The molecule has 1 aromatic rings. The third kappa shape index (κ3) is 5.12. The van der Waals surface area contributed by atoms with Crippen LogP contribution in [0.25, 0.3) is 0 Å². The van der Waals surface area contributed by atoms with Gasteiger partial charge in [-0.2, -0.15) is 13.2 Å². The molecule has 0 heterocycles. The molecule has 1 aromatic carbocycles. The Kier molecular flexibility index (Phi) is 5.43. The van der Waals surface area contributed by atoms with E-state index in [1.54, 1.807) is 0 Å². The summed E-state index contributed by atoms with van der Waals surface area (Å²) in [5.74, 6) is -1.04. The molecule has 0 saturated carbocycles. The average molecular weight is 306 g/mol. The quantitative estimate of drug-likeness (QED) is 0.899. The van der Waals surface area contributed by atoms with Gasteiger partial charge in [-0.25, -0.2) is 0 Å². The van der Waals surface area contributed by atoms with E-state index in [0.717, 1.165) is 0 Å². The Morgan fingerprint density at radius 1 is 1.20 bits per heavy atom. The number of amides is 2. The van der Waals surface area contributed by atoms with Crippen LogP contribution in [0.3, 0.4) is 0 Å². The fourth-order valence-corrected chi connectivity index (χ4v) is 1.91. The average Bonchev–Trinajstić information content (AvgIpc) is 2.36. The number of anilines is 1.